The summed E-state index contributed by atoms with van der Waals surface area (Å²) in [6, 6.07) is 0.752. The number of nitrogens with zero attached hydrogens (tertiary/aromatic N) is 2. The van der Waals surface area contributed by atoms with E-state index in [-0.39, 0.29) is 18.7 Å². The molecule has 2 amide bonds. The van der Waals surface area contributed by atoms with Crippen molar-refractivity contribution in [1.82, 2.24) is 10.3 Å². The Balaban J connectivity index is 2.14. The van der Waals surface area contributed by atoms with E-state index in [9.17, 15) is 22.4 Å². The zero-order valence-electron chi connectivity index (χ0n) is 10.6. The fraction of sp³-hybridized carbons (Fsp3) is 0.500. The molecule has 0 radical (unpaired) electrons. The summed E-state index contributed by atoms with van der Waals surface area (Å²) in [7, 11) is 0. The molecule has 2 heterocycles. The predicted molar refractivity (Wildman–Crippen MR) is 64.1 cm³/mol. The van der Waals surface area contributed by atoms with Gasteiger partial charge in [-0.15, -0.1) is 0 Å². The molecule has 20 heavy (non-hydrogen) atoms. The molecule has 0 aromatic carbocycles. The lowest BCUT2D eigenvalue weighted by Gasteiger charge is -2.16. The van der Waals surface area contributed by atoms with E-state index in [1.165, 1.54) is 4.90 Å². The molecule has 1 aliphatic rings. The molecular formula is C12H13F4N3O. The van der Waals surface area contributed by atoms with E-state index in [0.29, 0.717) is 0 Å². The number of carbonyl (C=O) groups is 1. The van der Waals surface area contributed by atoms with Crippen molar-refractivity contribution in [2.45, 2.75) is 31.7 Å². The summed E-state index contributed by atoms with van der Waals surface area (Å²) in [5, 5.41) is 2.46. The van der Waals surface area contributed by atoms with Crippen molar-refractivity contribution in [3.05, 3.63) is 24.0 Å². The van der Waals surface area contributed by atoms with Crippen LogP contribution in [0.5, 0.6) is 0 Å². The van der Waals surface area contributed by atoms with Crippen LogP contribution in [0.15, 0.2) is 18.3 Å². The summed E-state index contributed by atoms with van der Waals surface area (Å²) >= 11 is 0. The molecule has 0 bridgehead atoms. The van der Waals surface area contributed by atoms with Crippen LogP contribution >= 0.6 is 0 Å². The van der Waals surface area contributed by atoms with Gasteiger partial charge >= 0.3 is 12.2 Å². The normalized spacial score (nSPS) is 20.9. The van der Waals surface area contributed by atoms with Crippen LogP contribution in [0.25, 0.3) is 0 Å². The van der Waals surface area contributed by atoms with Crippen molar-refractivity contribution >= 4 is 11.7 Å². The number of hydrogen-bond donors (Lipinski definition) is 1. The second-order valence-corrected chi connectivity index (χ2v) is 4.49. The van der Waals surface area contributed by atoms with Crippen LogP contribution in [0.4, 0.5) is 28.0 Å². The minimum absolute atomic E-state index is 0.0703. The number of alkyl halides is 4. The molecule has 1 saturated heterocycles. The predicted octanol–water partition coefficient (Wildman–Crippen LogP) is 2.75. The fourth-order valence-electron chi connectivity index (χ4n) is 1.99. The first kappa shape index (κ1) is 14.5. The minimum atomic E-state index is -4.53. The lowest BCUT2D eigenvalue weighted by atomic mass is 10.1. The van der Waals surface area contributed by atoms with Crippen molar-refractivity contribution in [2.75, 3.05) is 11.4 Å². The molecule has 0 spiro atoms. The second-order valence-electron chi connectivity index (χ2n) is 4.49. The smallest absolute Gasteiger partial charge is 0.330 e. The molecule has 0 aliphatic carbocycles. The molecule has 1 aliphatic heterocycles. The van der Waals surface area contributed by atoms with Gasteiger partial charge in [-0.05, 0) is 18.6 Å². The van der Waals surface area contributed by atoms with Crippen molar-refractivity contribution in [3.8, 4) is 0 Å². The Labute approximate surface area is 112 Å². The van der Waals surface area contributed by atoms with Gasteiger partial charge in [0.15, 0.2) is 0 Å². The molecule has 1 aromatic heterocycles. The first-order chi connectivity index (χ1) is 9.32. The van der Waals surface area contributed by atoms with E-state index in [4.69, 9.17) is 0 Å². The van der Waals surface area contributed by atoms with Gasteiger partial charge in [0, 0.05) is 0 Å². The summed E-state index contributed by atoms with van der Waals surface area (Å²) < 4.78 is 50.7. The van der Waals surface area contributed by atoms with Gasteiger partial charge in [0.1, 0.15) is 11.9 Å². The van der Waals surface area contributed by atoms with E-state index >= 15 is 0 Å². The van der Waals surface area contributed by atoms with Crippen LogP contribution in [0.3, 0.4) is 0 Å². The third-order valence-electron chi connectivity index (χ3n) is 3.11. The molecule has 1 N–H and O–H groups in total. The van der Waals surface area contributed by atoms with Gasteiger partial charge in [0.05, 0.1) is 24.5 Å². The van der Waals surface area contributed by atoms with Crippen molar-refractivity contribution in [3.63, 3.8) is 0 Å². The topological polar surface area (TPSA) is 45.2 Å². The molecular weight excluding hydrogens is 278 g/mol. The summed E-state index contributed by atoms with van der Waals surface area (Å²) in [4.78, 5) is 16.1. The lowest BCUT2D eigenvalue weighted by molar-refractivity contribution is -0.141. The number of carbonyl (C=O) groups excluding carboxylic acids is 1. The van der Waals surface area contributed by atoms with Gasteiger partial charge in [-0.3, -0.25) is 4.90 Å². The van der Waals surface area contributed by atoms with E-state index in [1.54, 1.807) is 6.92 Å². The number of hydrogen-bond acceptors (Lipinski definition) is 2. The van der Waals surface area contributed by atoms with Gasteiger partial charge in [-0.25, -0.2) is 14.2 Å². The summed E-state index contributed by atoms with van der Waals surface area (Å²) in [5.41, 5.74) is -0.823. The SMILES string of the molecule is CC[C@H](F)[C@H]1CN(c2ccc(C(F)(F)F)nc2)C(=O)N1. The molecule has 2 rings (SSSR count). The molecule has 4 nitrogen and oxygen atoms in total. The fourth-order valence-corrected chi connectivity index (χ4v) is 1.99. The second kappa shape index (κ2) is 5.26. The average molecular weight is 291 g/mol. The minimum Gasteiger partial charge on any atom is -0.330 e. The van der Waals surface area contributed by atoms with Crippen LogP contribution in [0.2, 0.25) is 0 Å². The maximum absolute atomic E-state index is 13.5. The molecule has 1 fully saturated rings. The Bertz CT molecular complexity index is 488. The number of halogens is 4. The molecule has 2 atom stereocenters. The van der Waals surface area contributed by atoms with Gasteiger partial charge in [0.2, 0.25) is 0 Å². The number of amides is 2. The Morgan fingerprint density at radius 2 is 2.20 bits per heavy atom. The van der Waals surface area contributed by atoms with Crippen LogP contribution in [-0.4, -0.2) is 29.8 Å². The van der Waals surface area contributed by atoms with Crippen molar-refractivity contribution in [2.24, 2.45) is 0 Å². The van der Waals surface area contributed by atoms with Crippen LogP contribution in [0, 0.1) is 0 Å². The van der Waals surface area contributed by atoms with Gasteiger partial charge < -0.3 is 5.32 Å². The molecule has 110 valence electrons. The molecule has 1 aromatic rings. The number of nitrogens with one attached hydrogen (secondary N) is 1. The average Bonchev–Trinajstić information content (AvgIpc) is 2.79. The highest BCUT2D eigenvalue weighted by molar-refractivity contribution is 5.94. The quantitative estimate of drug-likeness (QED) is 0.870. The zero-order chi connectivity index (χ0) is 14.9. The van der Waals surface area contributed by atoms with Crippen molar-refractivity contribution in [1.29, 1.82) is 0 Å². The number of anilines is 1. The first-order valence-electron chi connectivity index (χ1n) is 6.08. The number of pyridine rings is 1. The first-order valence-corrected chi connectivity index (χ1v) is 6.08. The van der Waals surface area contributed by atoms with E-state index in [1.807, 2.05) is 0 Å². The Morgan fingerprint density at radius 1 is 1.50 bits per heavy atom. The molecule has 0 saturated carbocycles. The van der Waals surface area contributed by atoms with Crippen LogP contribution in [0.1, 0.15) is 19.0 Å². The monoisotopic (exact) mass is 291 g/mol. The molecule has 8 heteroatoms. The Kier molecular flexibility index (Phi) is 3.82. The highest BCUT2D eigenvalue weighted by Crippen LogP contribution is 2.29. The van der Waals surface area contributed by atoms with Gasteiger partial charge in [-0.2, -0.15) is 13.2 Å². The Morgan fingerprint density at radius 3 is 2.70 bits per heavy atom. The summed E-state index contributed by atoms with van der Waals surface area (Å²) in [6.45, 7) is 1.72. The van der Waals surface area contributed by atoms with Crippen LogP contribution < -0.4 is 10.2 Å². The zero-order valence-corrected chi connectivity index (χ0v) is 10.6. The third-order valence-corrected chi connectivity index (χ3v) is 3.11. The number of urea groups is 1. The maximum atomic E-state index is 13.5. The Hall–Kier alpha value is -1.86. The van der Waals surface area contributed by atoms with Gasteiger partial charge in [0.25, 0.3) is 0 Å². The van der Waals surface area contributed by atoms with E-state index < -0.39 is 30.1 Å². The van der Waals surface area contributed by atoms with E-state index in [2.05, 4.69) is 10.3 Å². The van der Waals surface area contributed by atoms with E-state index in [0.717, 1.165) is 18.3 Å². The maximum Gasteiger partial charge on any atom is 0.433 e. The largest absolute Gasteiger partial charge is 0.433 e. The summed E-state index contributed by atoms with van der Waals surface area (Å²) in [6.07, 6.45) is -4.50. The lowest BCUT2D eigenvalue weighted by Crippen LogP contribution is -2.34. The summed E-state index contributed by atoms with van der Waals surface area (Å²) in [5.74, 6) is 0. The highest BCUT2D eigenvalue weighted by atomic mass is 19.4. The standard InChI is InChI=1S/C12H13F4N3O/c1-2-8(13)9-6-19(11(20)18-9)7-3-4-10(17-5-7)12(14,15)16/h3-5,8-9H,2,6H2,1H3,(H,18,20)/t8-,9+/m0/s1. The highest BCUT2D eigenvalue weighted by Gasteiger charge is 2.36. The number of rotatable bonds is 3. The number of aromatic nitrogens is 1. The third kappa shape index (κ3) is 2.83. The van der Waals surface area contributed by atoms with Crippen molar-refractivity contribution < 1.29 is 22.4 Å². The van der Waals surface area contributed by atoms with Gasteiger partial charge in [-0.1, -0.05) is 6.92 Å². The van der Waals surface area contributed by atoms with Crippen LogP contribution in [-0.2, 0) is 6.18 Å². The molecule has 0 unspecified atom stereocenters.